The van der Waals surface area contributed by atoms with E-state index in [0.29, 0.717) is 10.7 Å². The van der Waals surface area contributed by atoms with Crippen molar-refractivity contribution in [1.82, 2.24) is 14.9 Å². The summed E-state index contributed by atoms with van der Waals surface area (Å²) in [5, 5.41) is 3.33. The molecule has 2 aliphatic rings. The molecular weight excluding hydrogens is 244 g/mol. The highest BCUT2D eigenvalue weighted by molar-refractivity contribution is 7.71. The number of likely N-dealkylation sites (tertiary alicyclic amines) is 1. The number of rotatable bonds is 2. The average Bonchev–Trinajstić information content (AvgIpc) is 2.86. The van der Waals surface area contributed by atoms with E-state index in [4.69, 9.17) is 12.2 Å². The summed E-state index contributed by atoms with van der Waals surface area (Å²) in [5.74, 6) is 1.65. The zero-order valence-electron chi connectivity index (χ0n) is 10.8. The van der Waals surface area contributed by atoms with Crippen LogP contribution < -0.4 is 5.32 Å². The monoisotopic (exact) mass is 264 g/mol. The molecule has 2 aliphatic heterocycles. The lowest BCUT2D eigenvalue weighted by molar-refractivity contribution is 0.220. The number of nitrogens with one attached hydrogen (secondary N) is 2. The average molecular weight is 264 g/mol. The number of hydrogen-bond acceptors (Lipinski definition) is 4. The van der Waals surface area contributed by atoms with Gasteiger partial charge in [0, 0.05) is 23.7 Å². The third-order valence-corrected chi connectivity index (χ3v) is 4.37. The fourth-order valence-electron chi connectivity index (χ4n) is 3.11. The Morgan fingerprint density at radius 1 is 1.39 bits per heavy atom. The van der Waals surface area contributed by atoms with E-state index in [1.807, 2.05) is 0 Å². The molecule has 0 amide bonds. The first-order valence-corrected chi connectivity index (χ1v) is 7.28. The molecule has 0 atom stereocenters. The van der Waals surface area contributed by atoms with Crippen LogP contribution in [0.25, 0.3) is 0 Å². The SMILES string of the molecule is CCN1CCC(c2[nH]c(=S)nc3c2CCN3)CC1. The normalized spacial score (nSPS) is 20.7. The van der Waals surface area contributed by atoms with Gasteiger partial charge >= 0.3 is 0 Å². The Balaban J connectivity index is 1.87. The third kappa shape index (κ3) is 2.17. The summed E-state index contributed by atoms with van der Waals surface area (Å²) < 4.78 is 0.621. The van der Waals surface area contributed by atoms with Crippen LogP contribution in [0.5, 0.6) is 0 Å². The van der Waals surface area contributed by atoms with Gasteiger partial charge in [-0.25, -0.2) is 4.98 Å². The molecular formula is C13H20N4S. The van der Waals surface area contributed by atoms with E-state index in [0.717, 1.165) is 18.8 Å². The molecule has 2 N–H and O–H groups in total. The van der Waals surface area contributed by atoms with Gasteiger partial charge in [0.2, 0.25) is 0 Å². The second kappa shape index (κ2) is 4.97. The molecule has 4 nitrogen and oxygen atoms in total. The molecule has 1 fully saturated rings. The van der Waals surface area contributed by atoms with Crippen LogP contribution in [0.1, 0.15) is 36.9 Å². The van der Waals surface area contributed by atoms with E-state index >= 15 is 0 Å². The zero-order valence-corrected chi connectivity index (χ0v) is 11.6. The van der Waals surface area contributed by atoms with Gasteiger partial charge in [0.1, 0.15) is 5.82 Å². The van der Waals surface area contributed by atoms with Crippen molar-refractivity contribution in [3.63, 3.8) is 0 Å². The summed E-state index contributed by atoms with van der Waals surface area (Å²) >= 11 is 5.24. The predicted molar refractivity (Wildman–Crippen MR) is 75.7 cm³/mol. The van der Waals surface area contributed by atoms with E-state index in [9.17, 15) is 0 Å². The molecule has 1 aromatic rings. The highest BCUT2D eigenvalue weighted by Crippen LogP contribution is 2.33. The fraction of sp³-hybridized carbons (Fsp3) is 0.692. The zero-order chi connectivity index (χ0) is 12.5. The fourth-order valence-corrected chi connectivity index (χ4v) is 3.31. The molecule has 3 rings (SSSR count). The summed E-state index contributed by atoms with van der Waals surface area (Å²) in [5.41, 5.74) is 2.73. The smallest absolute Gasteiger partial charge is 0.198 e. The number of aromatic nitrogens is 2. The van der Waals surface area contributed by atoms with Crippen LogP contribution in [0.3, 0.4) is 0 Å². The minimum absolute atomic E-state index is 0.621. The van der Waals surface area contributed by atoms with Crippen LogP contribution in [-0.4, -0.2) is 41.0 Å². The Morgan fingerprint density at radius 3 is 2.89 bits per heavy atom. The minimum Gasteiger partial charge on any atom is -0.369 e. The van der Waals surface area contributed by atoms with Crippen LogP contribution in [-0.2, 0) is 6.42 Å². The van der Waals surface area contributed by atoms with Gasteiger partial charge in [0.15, 0.2) is 4.77 Å². The number of aromatic amines is 1. The van der Waals surface area contributed by atoms with Crippen molar-refractivity contribution in [3.8, 4) is 0 Å². The number of nitrogens with zero attached hydrogens (tertiary/aromatic N) is 2. The maximum absolute atomic E-state index is 5.24. The van der Waals surface area contributed by atoms with Gasteiger partial charge in [0.05, 0.1) is 0 Å². The molecule has 98 valence electrons. The lowest BCUT2D eigenvalue weighted by Gasteiger charge is -2.31. The molecule has 0 saturated carbocycles. The summed E-state index contributed by atoms with van der Waals surface area (Å²) in [6, 6.07) is 0. The second-order valence-corrected chi connectivity index (χ2v) is 5.55. The Morgan fingerprint density at radius 2 is 2.17 bits per heavy atom. The van der Waals surface area contributed by atoms with Crippen molar-refractivity contribution in [2.75, 3.05) is 31.5 Å². The number of hydrogen-bond donors (Lipinski definition) is 2. The minimum atomic E-state index is 0.621. The molecule has 0 spiro atoms. The van der Waals surface area contributed by atoms with E-state index < -0.39 is 0 Å². The lowest BCUT2D eigenvalue weighted by atomic mass is 9.90. The molecule has 0 radical (unpaired) electrons. The van der Waals surface area contributed by atoms with E-state index in [-0.39, 0.29) is 0 Å². The van der Waals surface area contributed by atoms with Gasteiger partial charge in [-0.15, -0.1) is 0 Å². The van der Waals surface area contributed by atoms with Crippen molar-refractivity contribution >= 4 is 18.0 Å². The predicted octanol–water partition coefficient (Wildman–Crippen LogP) is 2.31. The van der Waals surface area contributed by atoms with Crippen LogP contribution >= 0.6 is 12.2 Å². The first-order valence-electron chi connectivity index (χ1n) is 6.87. The molecule has 18 heavy (non-hydrogen) atoms. The third-order valence-electron chi connectivity index (χ3n) is 4.18. The molecule has 0 aliphatic carbocycles. The van der Waals surface area contributed by atoms with Crippen molar-refractivity contribution in [1.29, 1.82) is 0 Å². The van der Waals surface area contributed by atoms with Gasteiger partial charge in [-0.1, -0.05) is 6.92 Å². The molecule has 0 unspecified atom stereocenters. The number of H-pyrrole nitrogens is 1. The number of fused-ring (bicyclic) bond motifs is 1. The Hall–Kier alpha value is -0.940. The summed E-state index contributed by atoms with van der Waals surface area (Å²) in [7, 11) is 0. The highest BCUT2D eigenvalue weighted by atomic mass is 32.1. The molecule has 1 aromatic heterocycles. The lowest BCUT2D eigenvalue weighted by Crippen LogP contribution is -2.33. The Kier molecular flexibility index (Phi) is 3.35. The summed E-state index contributed by atoms with van der Waals surface area (Å²) in [6.45, 7) is 6.80. The van der Waals surface area contributed by atoms with Crippen LogP contribution in [0.15, 0.2) is 0 Å². The first-order chi connectivity index (χ1) is 8.78. The molecule has 5 heteroatoms. The second-order valence-electron chi connectivity index (χ2n) is 5.17. The summed E-state index contributed by atoms with van der Waals surface area (Å²) in [4.78, 5) is 10.3. The summed E-state index contributed by atoms with van der Waals surface area (Å²) in [6.07, 6.45) is 3.54. The van der Waals surface area contributed by atoms with Crippen molar-refractivity contribution < 1.29 is 0 Å². The quantitative estimate of drug-likeness (QED) is 0.805. The largest absolute Gasteiger partial charge is 0.369 e. The molecule has 0 aromatic carbocycles. The van der Waals surface area contributed by atoms with Crippen molar-refractivity contribution in [2.45, 2.75) is 32.1 Å². The van der Waals surface area contributed by atoms with Gasteiger partial charge in [-0.2, -0.15) is 0 Å². The topological polar surface area (TPSA) is 44.0 Å². The van der Waals surface area contributed by atoms with E-state index in [1.165, 1.54) is 43.7 Å². The van der Waals surface area contributed by atoms with Crippen molar-refractivity contribution in [2.24, 2.45) is 0 Å². The highest BCUT2D eigenvalue weighted by Gasteiger charge is 2.25. The van der Waals surface area contributed by atoms with Crippen LogP contribution in [0, 0.1) is 4.77 Å². The van der Waals surface area contributed by atoms with Crippen LogP contribution in [0.4, 0.5) is 5.82 Å². The van der Waals surface area contributed by atoms with Gasteiger partial charge in [0.25, 0.3) is 0 Å². The number of anilines is 1. The van der Waals surface area contributed by atoms with Crippen LogP contribution in [0.2, 0.25) is 0 Å². The maximum Gasteiger partial charge on any atom is 0.198 e. The molecule has 0 bridgehead atoms. The molecule has 1 saturated heterocycles. The van der Waals surface area contributed by atoms with Crippen molar-refractivity contribution in [3.05, 3.63) is 16.0 Å². The van der Waals surface area contributed by atoms with E-state index in [2.05, 4.69) is 27.1 Å². The standard InChI is InChI=1S/C13H20N4S/c1-2-17-7-4-9(5-8-17)11-10-3-6-14-12(10)16-13(18)15-11/h9H,2-8H2,1H3,(H2,14,15,16,18). The van der Waals surface area contributed by atoms with Gasteiger partial charge in [-0.05, 0) is 51.1 Å². The Bertz CT molecular complexity index is 488. The Labute approximate surface area is 113 Å². The number of piperidine rings is 1. The van der Waals surface area contributed by atoms with Gasteiger partial charge in [-0.3, -0.25) is 0 Å². The maximum atomic E-state index is 5.24. The molecule has 3 heterocycles. The van der Waals surface area contributed by atoms with Gasteiger partial charge < -0.3 is 15.2 Å². The van der Waals surface area contributed by atoms with E-state index in [1.54, 1.807) is 0 Å². The first kappa shape index (κ1) is 12.1.